The summed E-state index contributed by atoms with van der Waals surface area (Å²) < 4.78 is 0. The summed E-state index contributed by atoms with van der Waals surface area (Å²) in [5.41, 5.74) is 0. The first kappa shape index (κ1) is 9.52. The van der Waals surface area contributed by atoms with Crippen molar-refractivity contribution in [2.45, 2.75) is 39.7 Å². The molecule has 0 spiro atoms. The minimum Gasteiger partial charge on any atom is -0.393 e. The fourth-order valence-electron chi connectivity index (χ4n) is 0.889. The van der Waals surface area contributed by atoms with E-state index in [9.17, 15) is 5.11 Å². The van der Waals surface area contributed by atoms with E-state index in [0.717, 1.165) is 12.8 Å². The highest BCUT2D eigenvalue weighted by Gasteiger charge is 2.09. The Morgan fingerprint density at radius 2 is 2.10 bits per heavy atom. The third kappa shape index (κ3) is 3.53. The molecule has 0 rings (SSSR count). The molecule has 1 N–H and O–H groups in total. The first-order valence-electron chi connectivity index (χ1n) is 3.80. The molecule has 0 radical (unpaired) electrons. The Balaban J connectivity index is 3.67. The lowest BCUT2D eigenvalue weighted by atomic mass is 9.97. The van der Waals surface area contributed by atoms with Crippen LogP contribution >= 0.6 is 0 Å². The predicted octanol–water partition coefficient (Wildman–Crippen LogP) is 1.81. The second kappa shape index (κ2) is 5.32. The standard InChI is InChI=1S/C9H16O/c1-4-6-7-9(5-2)8(3)10/h8-10H,5,7H2,1-3H3. The fourth-order valence-corrected chi connectivity index (χ4v) is 0.889. The lowest BCUT2D eigenvalue weighted by molar-refractivity contribution is 0.125. The van der Waals surface area contributed by atoms with Crippen LogP contribution in [0, 0.1) is 17.8 Å². The van der Waals surface area contributed by atoms with Gasteiger partial charge in [0.05, 0.1) is 6.10 Å². The van der Waals surface area contributed by atoms with Gasteiger partial charge in [-0.2, -0.15) is 0 Å². The van der Waals surface area contributed by atoms with Crippen LogP contribution in [0.5, 0.6) is 0 Å². The van der Waals surface area contributed by atoms with E-state index in [1.54, 1.807) is 0 Å². The Kier molecular flexibility index (Phi) is 5.06. The van der Waals surface area contributed by atoms with Gasteiger partial charge in [-0.05, 0) is 26.2 Å². The molecule has 10 heavy (non-hydrogen) atoms. The third-order valence-electron chi connectivity index (χ3n) is 1.75. The number of aliphatic hydroxyl groups is 1. The first-order chi connectivity index (χ1) is 4.72. The minimum atomic E-state index is -0.217. The SMILES string of the molecule is CC#CCC(CC)C(C)O. The Morgan fingerprint density at radius 1 is 1.50 bits per heavy atom. The molecule has 0 aliphatic heterocycles. The van der Waals surface area contributed by atoms with Gasteiger partial charge in [0.25, 0.3) is 0 Å². The number of rotatable bonds is 3. The van der Waals surface area contributed by atoms with E-state index >= 15 is 0 Å². The van der Waals surface area contributed by atoms with Crippen molar-refractivity contribution in [3.05, 3.63) is 0 Å². The van der Waals surface area contributed by atoms with Crippen molar-refractivity contribution in [1.29, 1.82) is 0 Å². The zero-order chi connectivity index (χ0) is 7.98. The molecule has 1 heteroatoms. The molecule has 58 valence electrons. The summed E-state index contributed by atoms with van der Waals surface area (Å²) in [6.07, 6.45) is 1.61. The van der Waals surface area contributed by atoms with Crippen molar-refractivity contribution < 1.29 is 5.11 Å². The van der Waals surface area contributed by atoms with Gasteiger partial charge in [0.2, 0.25) is 0 Å². The van der Waals surface area contributed by atoms with Gasteiger partial charge in [0.15, 0.2) is 0 Å². The van der Waals surface area contributed by atoms with Gasteiger partial charge in [0, 0.05) is 6.42 Å². The van der Waals surface area contributed by atoms with Gasteiger partial charge in [-0.1, -0.05) is 6.92 Å². The van der Waals surface area contributed by atoms with E-state index in [4.69, 9.17) is 0 Å². The lowest BCUT2D eigenvalue weighted by Crippen LogP contribution is -2.14. The van der Waals surface area contributed by atoms with Crippen molar-refractivity contribution in [2.75, 3.05) is 0 Å². The maximum atomic E-state index is 9.17. The molecule has 0 aromatic carbocycles. The molecule has 2 atom stereocenters. The van der Waals surface area contributed by atoms with E-state index in [1.165, 1.54) is 0 Å². The topological polar surface area (TPSA) is 20.2 Å². The van der Waals surface area contributed by atoms with E-state index in [1.807, 2.05) is 13.8 Å². The Labute approximate surface area is 63.5 Å². The number of hydrogen-bond donors (Lipinski definition) is 1. The molecule has 0 aliphatic carbocycles. The molecule has 0 amide bonds. The molecule has 0 saturated carbocycles. The van der Waals surface area contributed by atoms with E-state index in [2.05, 4.69) is 18.8 Å². The second-order valence-corrected chi connectivity index (χ2v) is 2.54. The monoisotopic (exact) mass is 140 g/mol. The molecule has 0 saturated heterocycles. The Hall–Kier alpha value is -0.480. The number of hydrogen-bond acceptors (Lipinski definition) is 1. The highest BCUT2D eigenvalue weighted by atomic mass is 16.3. The van der Waals surface area contributed by atoms with Crippen LogP contribution < -0.4 is 0 Å². The van der Waals surface area contributed by atoms with Crippen LogP contribution in [0.2, 0.25) is 0 Å². The number of aliphatic hydroxyl groups excluding tert-OH is 1. The third-order valence-corrected chi connectivity index (χ3v) is 1.75. The van der Waals surface area contributed by atoms with Gasteiger partial charge in [0.1, 0.15) is 0 Å². The maximum Gasteiger partial charge on any atom is 0.0549 e. The zero-order valence-electron chi connectivity index (χ0n) is 7.02. The van der Waals surface area contributed by atoms with Crippen molar-refractivity contribution >= 4 is 0 Å². The average Bonchev–Trinajstić information content (AvgIpc) is 1.89. The molecule has 0 fully saturated rings. The van der Waals surface area contributed by atoms with Crippen molar-refractivity contribution in [2.24, 2.45) is 5.92 Å². The predicted molar refractivity (Wildman–Crippen MR) is 43.5 cm³/mol. The highest BCUT2D eigenvalue weighted by molar-refractivity contribution is 4.96. The molecule has 0 bridgehead atoms. The highest BCUT2D eigenvalue weighted by Crippen LogP contribution is 2.11. The van der Waals surface area contributed by atoms with Crippen LogP contribution in [0.1, 0.15) is 33.6 Å². The van der Waals surface area contributed by atoms with Gasteiger partial charge in [-0.25, -0.2) is 0 Å². The van der Waals surface area contributed by atoms with Gasteiger partial charge in [-0.3, -0.25) is 0 Å². The first-order valence-corrected chi connectivity index (χ1v) is 3.80. The van der Waals surface area contributed by atoms with Crippen LogP contribution in [0.25, 0.3) is 0 Å². The van der Waals surface area contributed by atoms with E-state index in [-0.39, 0.29) is 6.10 Å². The van der Waals surface area contributed by atoms with Crippen LogP contribution in [-0.2, 0) is 0 Å². The van der Waals surface area contributed by atoms with Crippen molar-refractivity contribution in [1.82, 2.24) is 0 Å². The summed E-state index contributed by atoms with van der Waals surface area (Å²) in [5, 5.41) is 9.17. The van der Waals surface area contributed by atoms with Crippen molar-refractivity contribution in [3.8, 4) is 11.8 Å². The summed E-state index contributed by atoms with van der Waals surface area (Å²) in [6.45, 7) is 5.73. The summed E-state index contributed by atoms with van der Waals surface area (Å²) in [4.78, 5) is 0. The minimum absolute atomic E-state index is 0.217. The molecular formula is C9H16O. The molecule has 0 aromatic rings. The van der Waals surface area contributed by atoms with Crippen LogP contribution in [0.15, 0.2) is 0 Å². The molecular weight excluding hydrogens is 124 g/mol. The largest absolute Gasteiger partial charge is 0.393 e. The van der Waals surface area contributed by atoms with Crippen LogP contribution in [0.4, 0.5) is 0 Å². The van der Waals surface area contributed by atoms with Gasteiger partial charge >= 0.3 is 0 Å². The molecule has 0 aliphatic rings. The molecule has 2 unspecified atom stereocenters. The summed E-state index contributed by atoms with van der Waals surface area (Å²) in [5.74, 6) is 6.15. The Morgan fingerprint density at radius 3 is 2.40 bits per heavy atom. The maximum absolute atomic E-state index is 9.17. The molecule has 1 nitrogen and oxygen atoms in total. The summed E-state index contributed by atoms with van der Waals surface area (Å²) >= 11 is 0. The van der Waals surface area contributed by atoms with Crippen LogP contribution in [0.3, 0.4) is 0 Å². The molecule has 0 heterocycles. The van der Waals surface area contributed by atoms with Crippen molar-refractivity contribution in [3.63, 3.8) is 0 Å². The smallest absolute Gasteiger partial charge is 0.0549 e. The van der Waals surface area contributed by atoms with E-state index < -0.39 is 0 Å². The zero-order valence-corrected chi connectivity index (χ0v) is 7.02. The summed E-state index contributed by atoms with van der Waals surface area (Å²) in [6, 6.07) is 0. The Bertz CT molecular complexity index is 127. The van der Waals surface area contributed by atoms with Gasteiger partial charge in [-0.15, -0.1) is 11.8 Å². The molecule has 0 aromatic heterocycles. The van der Waals surface area contributed by atoms with E-state index in [0.29, 0.717) is 5.92 Å². The fraction of sp³-hybridized carbons (Fsp3) is 0.778. The summed E-state index contributed by atoms with van der Waals surface area (Å²) in [7, 11) is 0. The average molecular weight is 140 g/mol. The van der Waals surface area contributed by atoms with Crippen LogP contribution in [-0.4, -0.2) is 11.2 Å². The lowest BCUT2D eigenvalue weighted by Gasteiger charge is -2.13. The normalized spacial score (nSPS) is 15.2. The second-order valence-electron chi connectivity index (χ2n) is 2.54. The van der Waals surface area contributed by atoms with Gasteiger partial charge < -0.3 is 5.11 Å². The quantitative estimate of drug-likeness (QED) is 0.593.